The smallest absolute Gasteiger partial charge is 0.0975 e. The Balaban J connectivity index is 2.14. The van der Waals surface area contributed by atoms with Gasteiger partial charge in [-0.1, -0.05) is 41.9 Å². The first kappa shape index (κ1) is 14.0. The lowest BCUT2D eigenvalue weighted by atomic mass is 9.99. The van der Waals surface area contributed by atoms with Gasteiger partial charge < -0.3 is 10.1 Å². The molecule has 2 rings (SSSR count). The molecule has 1 aliphatic heterocycles. The van der Waals surface area contributed by atoms with Gasteiger partial charge in [0.25, 0.3) is 0 Å². The summed E-state index contributed by atoms with van der Waals surface area (Å²) >= 11 is 3.53. The third-order valence-corrected chi connectivity index (χ3v) is 4.13. The number of nitrogens with one attached hydrogen (secondary N) is 1. The molecule has 0 saturated carbocycles. The Hall–Kier alpha value is -0.380. The summed E-state index contributed by atoms with van der Waals surface area (Å²) in [6.45, 7) is 7.58. The van der Waals surface area contributed by atoms with Crippen LogP contribution in [0.3, 0.4) is 0 Å². The molecular weight excluding hydrogens is 290 g/mol. The van der Waals surface area contributed by atoms with E-state index in [-0.39, 0.29) is 6.10 Å². The summed E-state index contributed by atoms with van der Waals surface area (Å²) in [5.41, 5.74) is 1.24. The van der Waals surface area contributed by atoms with E-state index in [9.17, 15) is 0 Å². The minimum atomic E-state index is 0.145. The van der Waals surface area contributed by atoms with Crippen molar-refractivity contribution in [3.8, 4) is 0 Å². The normalized spacial score (nSPS) is 29.3. The van der Waals surface area contributed by atoms with Crippen molar-refractivity contribution in [2.24, 2.45) is 5.92 Å². The molecular formula is C15H22BrNO. The van der Waals surface area contributed by atoms with Crippen LogP contribution in [0.1, 0.15) is 38.9 Å². The number of hydrogen-bond acceptors (Lipinski definition) is 2. The van der Waals surface area contributed by atoms with Crippen molar-refractivity contribution in [2.45, 2.75) is 45.4 Å². The van der Waals surface area contributed by atoms with Gasteiger partial charge in [-0.05, 0) is 37.0 Å². The molecule has 2 nitrogen and oxygen atoms in total. The molecule has 0 spiro atoms. The number of benzene rings is 1. The van der Waals surface area contributed by atoms with Crippen molar-refractivity contribution in [2.75, 3.05) is 6.61 Å². The van der Waals surface area contributed by atoms with Gasteiger partial charge in [0.2, 0.25) is 0 Å². The highest BCUT2D eigenvalue weighted by Crippen LogP contribution is 2.27. The predicted molar refractivity (Wildman–Crippen MR) is 78.7 cm³/mol. The Labute approximate surface area is 118 Å². The Morgan fingerprint density at radius 3 is 2.83 bits per heavy atom. The Bertz CT molecular complexity index is 394. The maximum Gasteiger partial charge on any atom is 0.0975 e. The second kappa shape index (κ2) is 6.18. The second-order valence-corrected chi connectivity index (χ2v) is 6.36. The zero-order valence-corrected chi connectivity index (χ0v) is 12.9. The molecule has 1 N–H and O–H groups in total. The van der Waals surface area contributed by atoms with E-state index in [0.29, 0.717) is 18.0 Å². The van der Waals surface area contributed by atoms with Gasteiger partial charge in [0.05, 0.1) is 6.10 Å². The van der Waals surface area contributed by atoms with Crippen molar-refractivity contribution >= 4 is 15.9 Å². The fourth-order valence-corrected chi connectivity index (χ4v) is 2.99. The van der Waals surface area contributed by atoms with Crippen molar-refractivity contribution in [1.82, 2.24) is 5.32 Å². The number of halogens is 1. The highest BCUT2D eigenvalue weighted by Gasteiger charge is 2.27. The first-order chi connectivity index (χ1) is 8.58. The minimum absolute atomic E-state index is 0.145. The fourth-order valence-electron chi connectivity index (χ4n) is 2.57. The minimum Gasteiger partial charge on any atom is -0.372 e. The summed E-state index contributed by atoms with van der Waals surface area (Å²) in [4.78, 5) is 0. The van der Waals surface area contributed by atoms with Crippen LogP contribution in [0.2, 0.25) is 0 Å². The van der Waals surface area contributed by atoms with Crippen LogP contribution in [0.5, 0.6) is 0 Å². The fraction of sp³-hybridized carbons (Fsp3) is 0.600. The van der Waals surface area contributed by atoms with Crippen LogP contribution in [0.4, 0.5) is 0 Å². The summed E-state index contributed by atoms with van der Waals surface area (Å²) in [5.74, 6) is 0.650. The van der Waals surface area contributed by atoms with E-state index >= 15 is 0 Å². The van der Waals surface area contributed by atoms with E-state index in [0.717, 1.165) is 17.5 Å². The lowest BCUT2D eigenvalue weighted by molar-refractivity contribution is 0.0461. The van der Waals surface area contributed by atoms with E-state index in [2.05, 4.69) is 66.3 Å². The summed E-state index contributed by atoms with van der Waals surface area (Å²) < 4.78 is 7.16. The van der Waals surface area contributed by atoms with Gasteiger partial charge in [0.15, 0.2) is 0 Å². The van der Waals surface area contributed by atoms with Gasteiger partial charge in [0.1, 0.15) is 0 Å². The van der Waals surface area contributed by atoms with Gasteiger partial charge in [0, 0.05) is 23.2 Å². The lowest BCUT2D eigenvalue weighted by Gasteiger charge is -2.26. The maximum absolute atomic E-state index is 6.05. The first-order valence-corrected chi connectivity index (χ1v) is 7.50. The quantitative estimate of drug-likeness (QED) is 0.894. The number of hydrogen-bond donors (Lipinski definition) is 1. The molecule has 0 aliphatic carbocycles. The third-order valence-electron chi connectivity index (χ3n) is 3.64. The molecule has 18 heavy (non-hydrogen) atoms. The standard InChI is InChI=1S/C15H22BrNO/c1-10(2)14-7-8-18-15(11(3)17-14)12-5-4-6-13(16)9-12/h4-6,9-11,14-15,17H,7-8H2,1-3H3. The third kappa shape index (κ3) is 3.34. The Kier molecular flexibility index (Phi) is 4.82. The van der Waals surface area contributed by atoms with Gasteiger partial charge >= 0.3 is 0 Å². The Morgan fingerprint density at radius 1 is 1.39 bits per heavy atom. The largest absolute Gasteiger partial charge is 0.372 e. The Morgan fingerprint density at radius 2 is 2.17 bits per heavy atom. The summed E-state index contributed by atoms with van der Waals surface area (Å²) in [7, 11) is 0. The zero-order valence-electron chi connectivity index (χ0n) is 11.3. The van der Waals surface area contributed by atoms with E-state index in [1.807, 2.05) is 0 Å². The molecule has 1 aromatic rings. The molecule has 0 radical (unpaired) electrons. The molecule has 0 bridgehead atoms. The molecule has 1 fully saturated rings. The van der Waals surface area contributed by atoms with Gasteiger partial charge in [-0.3, -0.25) is 0 Å². The molecule has 100 valence electrons. The van der Waals surface area contributed by atoms with Crippen LogP contribution in [0.15, 0.2) is 28.7 Å². The highest BCUT2D eigenvalue weighted by molar-refractivity contribution is 9.10. The van der Waals surface area contributed by atoms with E-state index in [1.54, 1.807) is 0 Å². The molecule has 1 saturated heterocycles. The lowest BCUT2D eigenvalue weighted by Crippen LogP contribution is -2.41. The van der Waals surface area contributed by atoms with E-state index in [4.69, 9.17) is 4.74 Å². The van der Waals surface area contributed by atoms with E-state index < -0.39 is 0 Å². The molecule has 0 aromatic heterocycles. The van der Waals surface area contributed by atoms with Crippen molar-refractivity contribution in [3.05, 3.63) is 34.3 Å². The topological polar surface area (TPSA) is 21.3 Å². The monoisotopic (exact) mass is 311 g/mol. The number of rotatable bonds is 2. The summed E-state index contributed by atoms with van der Waals surface area (Å²) in [6, 6.07) is 9.31. The molecule has 3 unspecified atom stereocenters. The van der Waals surface area contributed by atoms with Crippen LogP contribution >= 0.6 is 15.9 Å². The summed E-state index contributed by atoms with van der Waals surface area (Å²) in [6.07, 6.45) is 1.23. The van der Waals surface area contributed by atoms with Crippen molar-refractivity contribution < 1.29 is 4.74 Å². The molecule has 3 atom stereocenters. The predicted octanol–water partition coefficient (Wildman–Crippen LogP) is 3.91. The van der Waals surface area contributed by atoms with Crippen LogP contribution < -0.4 is 5.32 Å². The molecule has 1 aliphatic rings. The molecule has 1 aromatic carbocycles. The molecule has 0 amide bonds. The van der Waals surface area contributed by atoms with Crippen LogP contribution in [-0.4, -0.2) is 18.7 Å². The second-order valence-electron chi connectivity index (χ2n) is 5.44. The number of ether oxygens (including phenoxy) is 1. The summed E-state index contributed by atoms with van der Waals surface area (Å²) in [5, 5.41) is 3.71. The van der Waals surface area contributed by atoms with Crippen molar-refractivity contribution in [3.63, 3.8) is 0 Å². The van der Waals surface area contributed by atoms with Gasteiger partial charge in [-0.15, -0.1) is 0 Å². The molecule has 3 heteroatoms. The first-order valence-electron chi connectivity index (χ1n) is 6.71. The van der Waals surface area contributed by atoms with Crippen LogP contribution in [0, 0.1) is 5.92 Å². The average Bonchev–Trinajstić information content (AvgIpc) is 2.51. The van der Waals surface area contributed by atoms with Crippen LogP contribution in [0.25, 0.3) is 0 Å². The highest BCUT2D eigenvalue weighted by atomic mass is 79.9. The molecule has 1 heterocycles. The van der Waals surface area contributed by atoms with Gasteiger partial charge in [-0.2, -0.15) is 0 Å². The van der Waals surface area contributed by atoms with Crippen molar-refractivity contribution in [1.29, 1.82) is 0 Å². The van der Waals surface area contributed by atoms with Crippen LogP contribution in [-0.2, 0) is 4.74 Å². The average molecular weight is 312 g/mol. The van der Waals surface area contributed by atoms with E-state index in [1.165, 1.54) is 5.56 Å². The SMILES string of the molecule is CC(C)C1CCOC(c2cccc(Br)c2)C(C)N1. The maximum atomic E-state index is 6.05. The zero-order chi connectivity index (χ0) is 13.1. The van der Waals surface area contributed by atoms with Gasteiger partial charge in [-0.25, -0.2) is 0 Å².